The molecule has 1 saturated heterocycles. The normalized spacial score (nSPS) is 21.1. The van der Waals surface area contributed by atoms with Crippen molar-refractivity contribution in [1.82, 2.24) is 15.3 Å². The molecular weight excluding hydrogens is 202 g/mol. The number of anilines is 2. The van der Waals surface area contributed by atoms with Crippen LogP contribution in [-0.2, 0) is 0 Å². The summed E-state index contributed by atoms with van der Waals surface area (Å²) in [5.41, 5.74) is 5.56. The minimum absolute atomic E-state index is 0.315. The van der Waals surface area contributed by atoms with E-state index in [1.807, 2.05) is 0 Å². The summed E-state index contributed by atoms with van der Waals surface area (Å²) in [7, 11) is 0. The van der Waals surface area contributed by atoms with E-state index >= 15 is 0 Å². The fraction of sp³-hybridized carbons (Fsp3) is 0.500. The van der Waals surface area contributed by atoms with Gasteiger partial charge in [0.1, 0.15) is 10.8 Å². The van der Waals surface area contributed by atoms with E-state index in [0.29, 0.717) is 22.8 Å². The standard InChI is InChI=1S/C8H12ClN5/c9-6-4-12-8(14-7(6)10)13-5-1-2-11-3-5/h4-5,11H,1-3H2,(H3,10,12,13,14)/t5-/m1/s1. The smallest absolute Gasteiger partial charge is 0.224 e. The minimum atomic E-state index is 0.315. The highest BCUT2D eigenvalue weighted by molar-refractivity contribution is 6.32. The van der Waals surface area contributed by atoms with Crippen molar-refractivity contribution in [3.63, 3.8) is 0 Å². The van der Waals surface area contributed by atoms with Crippen molar-refractivity contribution in [2.24, 2.45) is 0 Å². The third-order valence-corrected chi connectivity index (χ3v) is 2.46. The molecule has 1 aliphatic heterocycles. The van der Waals surface area contributed by atoms with E-state index in [9.17, 15) is 0 Å². The van der Waals surface area contributed by atoms with Crippen molar-refractivity contribution in [2.75, 3.05) is 24.1 Å². The van der Waals surface area contributed by atoms with Gasteiger partial charge in [0.15, 0.2) is 0 Å². The average Bonchev–Trinajstić information content (AvgIpc) is 2.64. The molecule has 14 heavy (non-hydrogen) atoms. The molecule has 5 nitrogen and oxygen atoms in total. The molecule has 0 unspecified atom stereocenters. The Morgan fingerprint density at radius 2 is 2.50 bits per heavy atom. The lowest BCUT2D eigenvalue weighted by Crippen LogP contribution is -2.23. The van der Waals surface area contributed by atoms with Crippen LogP contribution in [0.2, 0.25) is 5.02 Å². The van der Waals surface area contributed by atoms with Crippen molar-refractivity contribution >= 4 is 23.4 Å². The lowest BCUT2D eigenvalue weighted by Gasteiger charge is -2.10. The molecular formula is C8H12ClN5. The molecule has 1 aliphatic rings. The third-order valence-electron chi connectivity index (χ3n) is 2.16. The predicted octanol–water partition coefficient (Wildman–Crippen LogP) is 0.486. The fourth-order valence-corrected chi connectivity index (χ4v) is 1.50. The highest BCUT2D eigenvalue weighted by Gasteiger charge is 2.15. The molecule has 6 heteroatoms. The van der Waals surface area contributed by atoms with Gasteiger partial charge < -0.3 is 16.4 Å². The first-order valence-electron chi connectivity index (χ1n) is 4.51. The molecule has 1 fully saturated rings. The molecule has 4 N–H and O–H groups in total. The van der Waals surface area contributed by atoms with Gasteiger partial charge in [-0.3, -0.25) is 0 Å². The molecule has 0 amide bonds. The number of nitrogens with two attached hydrogens (primary N) is 1. The number of aromatic nitrogens is 2. The second-order valence-electron chi connectivity index (χ2n) is 3.26. The SMILES string of the molecule is Nc1nc(N[C@@H]2CCNC2)ncc1Cl. The highest BCUT2D eigenvalue weighted by Crippen LogP contribution is 2.16. The van der Waals surface area contributed by atoms with E-state index in [1.165, 1.54) is 6.20 Å². The molecule has 0 saturated carbocycles. The number of hydrogen-bond acceptors (Lipinski definition) is 5. The van der Waals surface area contributed by atoms with Gasteiger partial charge in [-0.1, -0.05) is 11.6 Å². The average molecular weight is 214 g/mol. The Balaban J connectivity index is 2.05. The van der Waals surface area contributed by atoms with E-state index in [1.54, 1.807) is 0 Å². The molecule has 1 atom stereocenters. The first-order valence-corrected chi connectivity index (χ1v) is 4.89. The summed E-state index contributed by atoms with van der Waals surface area (Å²) >= 11 is 5.71. The Hall–Kier alpha value is -1.07. The minimum Gasteiger partial charge on any atom is -0.382 e. The van der Waals surface area contributed by atoms with E-state index < -0.39 is 0 Å². The molecule has 1 aromatic heterocycles. The van der Waals surface area contributed by atoms with Gasteiger partial charge in [0.2, 0.25) is 5.95 Å². The summed E-state index contributed by atoms with van der Waals surface area (Å²) in [5, 5.41) is 6.82. The zero-order valence-corrected chi connectivity index (χ0v) is 8.38. The Labute approximate surface area is 87.1 Å². The van der Waals surface area contributed by atoms with Crippen LogP contribution in [0.4, 0.5) is 11.8 Å². The highest BCUT2D eigenvalue weighted by atomic mass is 35.5. The number of nitrogens with zero attached hydrogens (tertiary/aromatic N) is 2. The predicted molar refractivity (Wildman–Crippen MR) is 56.4 cm³/mol. The van der Waals surface area contributed by atoms with Gasteiger partial charge in [0.05, 0.1) is 6.20 Å². The Morgan fingerprint density at radius 3 is 3.14 bits per heavy atom. The van der Waals surface area contributed by atoms with Crippen LogP contribution in [0.3, 0.4) is 0 Å². The summed E-state index contributed by atoms with van der Waals surface area (Å²) in [6.45, 7) is 1.96. The van der Waals surface area contributed by atoms with Crippen molar-refractivity contribution in [1.29, 1.82) is 0 Å². The van der Waals surface area contributed by atoms with Gasteiger partial charge in [-0.25, -0.2) is 4.98 Å². The van der Waals surface area contributed by atoms with Crippen molar-refractivity contribution < 1.29 is 0 Å². The van der Waals surface area contributed by atoms with Gasteiger partial charge in [0.25, 0.3) is 0 Å². The van der Waals surface area contributed by atoms with Crippen LogP contribution >= 0.6 is 11.6 Å². The first-order chi connectivity index (χ1) is 6.75. The summed E-state index contributed by atoms with van der Waals surface area (Å²) in [6, 6.07) is 0.385. The summed E-state index contributed by atoms with van der Waals surface area (Å²) in [4.78, 5) is 8.07. The van der Waals surface area contributed by atoms with Crippen LogP contribution < -0.4 is 16.4 Å². The van der Waals surface area contributed by atoms with E-state index in [0.717, 1.165) is 19.5 Å². The molecule has 2 heterocycles. The Morgan fingerprint density at radius 1 is 1.64 bits per heavy atom. The maximum atomic E-state index is 5.71. The van der Waals surface area contributed by atoms with E-state index in [2.05, 4.69) is 20.6 Å². The number of hydrogen-bond donors (Lipinski definition) is 3. The van der Waals surface area contributed by atoms with Crippen LogP contribution in [0, 0.1) is 0 Å². The maximum absolute atomic E-state index is 5.71. The first kappa shape index (κ1) is 9.48. The number of rotatable bonds is 2. The lowest BCUT2D eigenvalue weighted by atomic mass is 10.3. The zero-order chi connectivity index (χ0) is 9.97. The summed E-state index contributed by atoms with van der Waals surface area (Å²) in [5.74, 6) is 0.857. The number of nitrogen functional groups attached to an aromatic ring is 1. The molecule has 0 bridgehead atoms. The maximum Gasteiger partial charge on any atom is 0.224 e. The van der Waals surface area contributed by atoms with Crippen molar-refractivity contribution in [3.8, 4) is 0 Å². The Kier molecular flexibility index (Phi) is 2.69. The molecule has 76 valence electrons. The van der Waals surface area contributed by atoms with Gasteiger partial charge in [-0.15, -0.1) is 0 Å². The van der Waals surface area contributed by atoms with Crippen LogP contribution in [-0.4, -0.2) is 29.1 Å². The van der Waals surface area contributed by atoms with E-state index in [4.69, 9.17) is 17.3 Å². The van der Waals surface area contributed by atoms with Gasteiger partial charge in [-0.05, 0) is 13.0 Å². The van der Waals surface area contributed by atoms with Crippen LogP contribution in [0.25, 0.3) is 0 Å². The van der Waals surface area contributed by atoms with Gasteiger partial charge in [-0.2, -0.15) is 4.98 Å². The summed E-state index contributed by atoms with van der Waals surface area (Å²) in [6.07, 6.45) is 2.58. The monoisotopic (exact) mass is 213 g/mol. The fourth-order valence-electron chi connectivity index (χ4n) is 1.41. The van der Waals surface area contributed by atoms with Crippen LogP contribution in [0.15, 0.2) is 6.20 Å². The van der Waals surface area contributed by atoms with Crippen molar-refractivity contribution in [2.45, 2.75) is 12.5 Å². The van der Waals surface area contributed by atoms with Gasteiger partial charge in [0, 0.05) is 12.6 Å². The third kappa shape index (κ3) is 2.05. The quantitative estimate of drug-likeness (QED) is 0.667. The lowest BCUT2D eigenvalue weighted by molar-refractivity contribution is 0.781. The number of nitrogens with one attached hydrogen (secondary N) is 2. The largest absolute Gasteiger partial charge is 0.382 e. The Bertz CT molecular complexity index is 324. The summed E-state index contributed by atoms with van der Waals surface area (Å²) < 4.78 is 0. The molecule has 0 aromatic carbocycles. The molecule has 0 spiro atoms. The zero-order valence-electron chi connectivity index (χ0n) is 7.63. The topological polar surface area (TPSA) is 75.9 Å². The van der Waals surface area contributed by atoms with Crippen LogP contribution in [0.1, 0.15) is 6.42 Å². The van der Waals surface area contributed by atoms with Gasteiger partial charge >= 0.3 is 0 Å². The van der Waals surface area contributed by atoms with Crippen molar-refractivity contribution in [3.05, 3.63) is 11.2 Å². The second kappa shape index (κ2) is 3.98. The number of halogens is 1. The van der Waals surface area contributed by atoms with E-state index in [-0.39, 0.29) is 0 Å². The molecule has 0 aliphatic carbocycles. The second-order valence-corrected chi connectivity index (χ2v) is 3.67. The molecule has 1 aromatic rings. The molecule has 0 radical (unpaired) electrons. The van der Waals surface area contributed by atoms with Crippen LogP contribution in [0.5, 0.6) is 0 Å². The molecule has 2 rings (SSSR count).